The van der Waals surface area contributed by atoms with Gasteiger partial charge in [0.05, 0.1) is 6.04 Å². The van der Waals surface area contributed by atoms with E-state index in [1.807, 2.05) is 12.4 Å². The summed E-state index contributed by atoms with van der Waals surface area (Å²) in [5.41, 5.74) is 2.57. The molecule has 1 N–H and O–H groups in total. The zero-order valence-corrected chi connectivity index (χ0v) is 11.1. The Hall–Kier alpha value is -1.19. The fraction of sp³-hybridized carbons (Fsp3) is 0.357. The molecule has 0 spiro atoms. The molecular formula is C14H18N2S. The van der Waals surface area contributed by atoms with E-state index in [1.54, 1.807) is 11.3 Å². The number of hydrogen-bond acceptors (Lipinski definition) is 3. The highest BCUT2D eigenvalue weighted by atomic mass is 32.1. The Morgan fingerprint density at radius 1 is 1.41 bits per heavy atom. The molecule has 0 aliphatic heterocycles. The summed E-state index contributed by atoms with van der Waals surface area (Å²) in [4.78, 5) is 5.61. The smallest absolute Gasteiger partial charge is 0.0688 e. The van der Waals surface area contributed by atoms with E-state index in [1.165, 1.54) is 16.0 Å². The molecule has 0 aromatic carbocycles. The molecule has 2 aromatic heterocycles. The fourth-order valence-corrected chi connectivity index (χ4v) is 2.70. The van der Waals surface area contributed by atoms with Crippen molar-refractivity contribution in [3.05, 3.63) is 52.0 Å². The summed E-state index contributed by atoms with van der Waals surface area (Å²) in [5, 5.41) is 5.73. The second-order valence-corrected chi connectivity index (χ2v) is 5.11. The van der Waals surface area contributed by atoms with Crippen LogP contribution in [0.1, 0.15) is 35.4 Å². The predicted octanol–water partition coefficient (Wildman–Crippen LogP) is 3.54. The Labute approximate surface area is 107 Å². The van der Waals surface area contributed by atoms with Crippen molar-refractivity contribution >= 4 is 11.3 Å². The molecule has 0 saturated carbocycles. The van der Waals surface area contributed by atoms with Crippen LogP contribution in [0.25, 0.3) is 0 Å². The lowest BCUT2D eigenvalue weighted by atomic mass is 10.0. The monoisotopic (exact) mass is 246 g/mol. The minimum Gasteiger partial charge on any atom is -0.306 e. The maximum atomic E-state index is 4.25. The van der Waals surface area contributed by atoms with Crippen LogP contribution >= 0.6 is 11.3 Å². The van der Waals surface area contributed by atoms with Gasteiger partial charge in [0, 0.05) is 17.3 Å². The van der Waals surface area contributed by atoms with Crippen molar-refractivity contribution < 1.29 is 0 Å². The summed E-state index contributed by atoms with van der Waals surface area (Å²) in [5.74, 6) is 0. The number of hydrogen-bond donors (Lipinski definition) is 1. The number of nitrogens with zero attached hydrogens (tertiary/aromatic N) is 1. The van der Waals surface area contributed by atoms with Crippen LogP contribution in [-0.4, -0.2) is 11.5 Å². The van der Waals surface area contributed by atoms with Gasteiger partial charge in [-0.15, -0.1) is 11.3 Å². The van der Waals surface area contributed by atoms with E-state index in [4.69, 9.17) is 0 Å². The predicted molar refractivity (Wildman–Crippen MR) is 73.4 cm³/mol. The fourth-order valence-electron chi connectivity index (χ4n) is 1.89. The second kappa shape index (κ2) is 5.94. The molecule has 0 aliphatic rings. The summed E-state index contributed by atoms with van der Waals surface area (Å²) in [6, 6.07) is 6.64. The largest absolute Gasteiger partial charge is 0.306 e. The first-order chi connectivity index (χ1) is 8.33. The van der Waals surface area contributed by atoms with Crippen molar-refractivity contribution in [2.45, 2.75) is 26.3 Å². The highest BCUT2D eigenvalue weighted by Crippen LogP contribution is 2.27. The van der Waals surface area contributed by atoms with Crippen LogP contribution in [0.5, 0.6) is 0 Å². The Morgan fingerprint density at radius 3 is 2.94 bits per heavy atom. The van der Waals surface area contributed by atoms with Crippen molar-refractivity contribution in [3.63, 3.8) is 0 Å². The molecule has 0 aliphatic carbocycles. The maximum absolute atomic E-state index is 4.25. The lowest BCUT2D eigenvalue weighted by molar-refractivity contribution is 0.602. The third-order valence-corrected chi connectivity index (χ3v) is 3.75. The molecule has 1 atom stereocenters. The summed E-state index contributed by atoms with van der Waals surface area (Å²) < 4.78 is 0. The molecular weight excluding hydrogens is 228 g/mol. The molecule has 3 heteroatoms. The SMILES string of the molecule is CCCNC(c1cccs1)c1cnccc1C. The van der Waals surface area contributed by atoms with Crippen LogP contribution in [0, 0.1) is 6.92 Å². The Balaban J connectivity index is 2.30. The van der Waals surface area contributed by atoms with Gasteiger partial charge in [-0.2, -0.15) is 0 Å². The van der Waals surface area contributed by atoms with E-state index in [-0.39, 0.29) is 6.04 Å². The van der Waals surface area contributed by atoms with E-state index in [0.29, 0.717) is 0 Å². The molecule has 0 amide bonds. The zero-order valence-electron chi connectivity index (χ0n) is 10.3. The third-order valence-electron chi connectivity index (χ3n) is 2.82. The summed E-state index contributed by atoms with van der Waals surface area (Å²) in [6.07, 6.45) is 4.97. The standard InChI is InChI=1S/C14H18N2S/c1-3-7-16-14(13-5-4-9-17-13)12-10-15-8-6-11(12)2/h4-6,8-10,14,16H,3,7H2,1-2H3. The highest BCUT2D eigenvalue weighted by molar-refractivity contribution is 7.10. The van der Waals surface area contributed by atoms with Crippen molar-refractivity contribution in [3.8, 4) is 0 Å². The van der Waals surface area contributed by atoms with Gasteiger partial charge in [0.2, 0.25) is 0 Å². The van der Waals surface area contributed by atoms with Gasteiger partial charge in [-0.25, -0.2) is 0 Å². The van der Waals surface area contributed by atoms with Gasteiger partial charge in [0.15, 0.2) is 0 Å². The van der Waals surface area contributed by atoms with E-state index in [2.05, 4.69) is 47.7 Å². The van der Waals surface area contributed by atoms with Gasteiger partial charge in [0.1, 0.15) is 0 Å². The molecule has 1 unspecified atom stereocenters. The number of pyridine rings is 1. The third kappa shape index (κ3) is 2.93. The minimum absolute atomic E-state index is 0.281. The maximum Gasteiger partial charge on any atom is 0.0688 e. The molecule has 90 valence electrons. The molecule has 0 saturated heterocycles. The molecule has 0 fully saturated rings. The van der Waals surface area contributed by atoms with E-state index < -0.39 is 0 Å². The van der Waals surface area contributed by atoms with Gasteiger partial charge < -0.3 is 5.32 Å². The van der Waals surface area contributed by atoms with Gasteiger partial charge in [-0.3, -0.25) is 4.98 Å². The first-order valence-electron chi connectivity index (χ1n) is 6.00. The lowest BCUT2D eigenvalue weighted by Crippen LogP contribution is -2.23. The van der Waals surface area contributed by atoms with Crippen molar-refractivity contribution in [2.24, 2.45) is 0 Å². The van der Waals surface area contributed by atoms with Crippen LogP contribution in [-0.2, 0) is 0 Å². The minimum atomic E-state index is 0.281. The Morgan fingerprint density at radius 2 is 2.29 bits per heavy atom. The zero-order chi connectivity index (χ0) is 12.1. The summed E-state index contributed by atoms with van der Waals surface area (Å²) in [6.45, 7) is 5.36. The summed E-state index contributed by atoms with van der Waals surface area (Å²) in [7, 11) is 0. The molecule has 2 aromatic rings. The van der Waals surface area contributed by atoms with E-state index in [9.17, 15) is 0 Å². The highest BCUT2D eigenvalue weighted by Gasteiger charge is 2.16. The summed E-state index contributed by atoms with van der Waals surface area (Å²) >= 11 is 1.79. The van der Waals surface area contributed by atoms with Crippen LogP contribution < -0.4 is 5.32 Å². The topological polar surface area (TPSA) is 24.9 Å². The van der Waals surface area contributed by atoms with Crippen LogP contribution in [0.2, 0.25) is 0 Å². The number of rotatable bonds is 5. The molecule has 0 radical (unpaired) electrons. The van der Waals surface area contributed by atoms with E-state index >= 15 is 0 Å². The first-order valence-corrected chi connectivity index (χ1v) is 6.88. The molecule has 0 bridgehead atoms. The van der Waals surface area contributed by atoms with Crippen molar-refractivity contribution in [1.82, 2.24) is 10.3 Å². The molecule has 2 rings (SSSR count). The Kier molecular flexibility index (Phi) is 4.29. The Bertz CT molecular complexity index is 451. The van der Waals surface area contributed by atoms with Gasteiger partial charge in [-0.05, 0) is 48.5 Å². The van der Waals surface area contributed by atoms with Crippen LogP contribution in [0.3, 0.4) is 0 Å². The number of nitrogens with one attached hydrogen (secondary N) is 1. The van der Waals surface area contributed by atoms with Gasteiger partial charge in [0.25, 0.3) is 0 Å². The van der Waals surface area contributed by atoms with Crippen molar-refractivity contribution in [2.75, 3.05) is 6.54 Å². The van der Waals surface area contributed by atoms with Gasteiger partial charge >= 0.3 is 0 Å². The van der Waals surface area contributed by atoms with Crippen molar-refractivity contribution in [1.29, 1.82) is 0 Å². The van der Waals surface area contributed by atoms with Gasteiger partial charge in [-0.1, -0.05) is 13.0 Å². The normalized spacial score (nSPS) is 12.6. The van der Waals surface area contributed by atoms with Crippen LogP contribution in [0.4, 0.5) is 0 Å². The number of thiophene rings is 1. The quantitative estimate of drug-likeness (QED) is 0.873. The van der Waals surface area contributed by atoms with Crippen LogP contribution in [0.15, 0.2) is 36.0 Å². The van der Waals surface area contributed by atoms with E-state index in [0.717, 1.165) is 13.0 Å². The average Bonchev–Trinajstić information content (AvgIpc) is 2.85. The first kappa shape index (κ1) is 12.3. The molecule has 17 heavy (non-hydrogen) atoms. The lowest BCUT2D eigenvalue weighted by Gasteiger charge is -2.19. The second-order valence-electron chi connectivity index (χ2n) is 4.13. The average molecular weight is 246 g/mol. The molecule has 2 nitrogen and oxygen atoms in total. The molecule has 2 heterocycles. The number of aromatic nitrogens is 1. The number of aryl methyl sites for hydroxylation is 1.